The number of aromatic nitrogens is 4. The number of nitrogens with zero attached hydrogens (tertiary/aromatic N) is 4. The normalized spacial score (nSPS) is 23.2. The number of halogens is 1. The first kappa shape index (κ1) is 23.0. The molecular formula is C23H21FN6O4S. The summed E-state index contributed by atoms with van der Waals surface area (Å²) in [5, 5.41) is 16.3. The van der Waals surface area contributed by atoms with Crippen LogP contribution in [0.15, 0.2) is 54.6 Å². The minimum Gasteiger partial charge on any atom is -0.423 e. The Labute approximate surface area is 203 Å². The molecule has 4 atom stereocenters. The van der Waals surface area contributed by atoms with Crippen LogP contribution in [0.4, 0.5) is 4.39 Å². The molecule has 3 unspecified atom stereocenters. The Morgan fingerprint density at radius 1 is 1.17 bits per heavy atom. The van der Waals surface area contributed by atoms with Gasteiger partial charge in [0.25, 0.3) is 0 Å². The van der Waals surface area contributed by atoms with E-state index in [9.17, 15) is 18.8 Å². The summed E-state index contributed by atoms with van der Waals surface area (Å²) in [5.74, 6) is -3.92. The van der Waals surface area contributed by atoms with Crippen molar-refractivity contribution in [1.82, 2.24) is 30.8 Å². The number of aromatic amines is 1. The minimum absolute atomic E-state index is 0.284. The summed E-state index contributed by atoms with van der Waals surface area (Å²) < 4.78 is 18.9. The van der Waals surface area contributed by atoms with Crippen LogP contribution < -0.4 is 10.1 Å². The number of β-lactam (4-membered cyclic amide) rings is 1. The first-order chi connectivity index (χ1) is 16.8. The molecule has 10 nitrogen and oxygen atoms in total. The van der Waals surface area contributed by atoms with E-state index in [1.54, 1.807) is 35.2 Å². The number of benzene rings is 2. The third-order valence-electron chi connectivity index (χ3n) is 6.04. The van der Waals surface area contributed by atoms with Crippen LogP contribution in [0, 0.1) is 5.82 Å². The molecule has 0 saturated carbocycles. The Bertz CT molecular complexity index is 1270. The zero-order valence-corrected chi connectivity index (χ0v) is 19.5. The molecule has 180 valence electrons. The van der Waals surface area contributed by atoms with Crippen molar-refractivity contribution in [3.63, 3.8) is 0 Å². The van der Waals surface area contributed by atoms with Crippen LogP contribution >= 0.6 is 11.8 Å². The predicted octanol–water partition coefficient (Wildman–Crippen LogP) is 1.95. The van der Waals surface area contributed by atoms with Gasteiger partial charge in [-0.1, -0.05) is 42.5 Å². The molecule has 35 heavy (non-hydrogen) atoms. The zero-order valence-electron chi connectivity index (χ0n) is 18.7. The number of esters is 1. The number of fused-ring (bicyclic) bond motifs is 1. The second-order valence-corrected chi connectivity index (χ2v) is 10.5. The SMILES string of the molecule is CC1(C)S[C@@H]2C(NC(=O)C(C(=O)Oc3ccccc3F)c3ccccc3)C(=O)N2C1c1nnn[nH]1. The van der Waals surface area contributed by atoms with Gasteiger partial charge in [0.1, 0.15) is 17.5 Å². The van der Waals surface area contributed by atoms with Crippen molar-refractivity contribution in [2.45, 2.75) is 42.0 Å². The number of H-pyrrole nitrogens is 1. The molecule has 0 radical (unpaired) electrons. The fourth-order valence-corrected chi connectivity index (χ4v) is 6.08. The van der Waals surface area contributed by atoms with Crippen LogP contribution in [0.2, 0.25) is 0 Å². The van der Waals surface area contributed by atoms with Gasteiger partial charge in [0, 0.05) is 4.75 Å². The molecule has 12 heteroatoms. The van der Waals surface area contributed by atoms with Gasteiger partial charge >= 0.3 is 5.97 Å². The molecule has 2 saturated heterocycles. The number of hydrogen-bond acceptors (Lipinski definition) is 8. The molecule has 2 N–H and O–H groups in total. The Morgan fingerprint density at radius 2 is 1.89 bits per heavy atom. The number of amides is 2. The molecule has 2 fully saturated rings. The average Bonchev–Trinajstić information content (AvgIpc) is 3.44. The van der Waals surface area contributed by atoms with Crippen LogP contribution in [0.5, 0.6) is 5.75 Å². The van der Waals surface area contributed by atoms with E-state index in [-0.39, 0.29) is 17.0 Å². The first-order valence-corrected chi connectivity index (χ1v) is 11.7. The lowest BCUT2D eigenvalue weighted by atomic mass is 9.94. The number of carbonyl (C=O) groups is 3. The number of rotatable bonds is 6. The highest BCUT2D eigenvalue weighted by Gasteiger charge is 2.63. The largest absolute Gasteiger partial charge is 0.423 e. The maximum absolute atomic E-state index is 14.1. The average molecular weight is 497 g/mol. The van der Waals surface area contributed by atoms with E-state index in [4.69, 9.17) is 4.74 Å². The van der Waals surface area contributed by atoms with Crippen LogP contribution in [-0.4, -0.2) is 59.5 Å². The monoisotopic (exact) mass is 496 g/mol. The smallest absolute Gasteiger partial charge is 0.328 e. The van der Waals surface area contributed by atoms with E-state index >= 15 is 0 Å². The second-order valence-electron chi connectivity index (χ2n) is 8.73. The lowest BCUT2D eigenvalue weighted by molar-refractivity contribution is -0.153. The Kier molecular flexibility index (Phi) is 5.75. The van der Waals surface area contributed by atoms with E-state index in [2.05, 4.69) is 25.9 Å². The van der Waals surface area contributed by atoms with E-state index in [0.717, 1.165) is 6.07 Å². The number of thioether (sulfide) groups is 1. The molecule has 1 aromatic heterocycles. The Balaban J connectivity index is 1.37. The first-order valence-electron chi connectivity index (χ1n) is 10.8. The predicted molar refractivity (Wildman–Crippen MR) is 122 cm³/mol. The van der Waals surface area contributed by atoms with Gasteiger partial charge in [0.15, 0.2) is 23.3 Å². The molecule has 2 aromatic carbocycles. The highest BCUT2D eigenvalue weighted by molar-refractivity contribution is 8.01. The summed E-state index contributed by atoms with van der Waals surface area (Å²) >= 11 is 1.51. The summed E-state index contributed by atoms with van der Waals surface area (Å²) in [6.45, 7) is 3.93. The maximum Gasteiger partial charge on any atom is 0.328 e. The molecular weight excluding hydrogens is 475 g/mol. The van der Waals surface area contributed by atoms with Gasteiger partial charge in [0.2, 0.25) is 11.8 Å². The second kappa shape index (κ2) is 8.77. The van der Waals surface area contributed by atoms with Crippen molar-refractivity contribution >= 4 is 29.5 Å². The van der Waals surface area contributed by atoms with Gasteiger partial charge in [0.05, 0.1) is 0 Å². The Hall–Kier alpha value is -3.80. The van der Waals surface area contributed by atoms with Gasteiger partial charge in [-0.25, -0.2) is 9.49 Å². The van der Waals surface area contributed by atoms with Crippen molar-refractivity contribution in [3.05, 3.63) is 71.8 Å². The van der Waals surface area contributed by atoms with Gasteiger partial charge in [-0.15, -0.1) is 16.9 Å². The number of ether oxygens (including phenoxy) is 1. The fourth-order valence-electron chi connectivity index (χ4n) is 4.44. The van der Waals surface area contributed by atoms with Crippen molar-refractivity contribution in [2.75, 3.05) is 0 Å². The standard InChI is InChI=1S/C23H21FN6O4S/c1-23(2)17(18-26-28-29-27-18)30-20(32)16(21(30)35-23)25-19(31)15(12-8-4-3-5-9-12)22(33)34-14-11-7-6-10-13(14)24/h3-11,15-17,21H,1-2H3,(H,25,31)(H,26,27,28,29)/t15?,16?,17?,21-/m1/s1. The lowest BCUT2D eigenvalue weighted by Gasteiger charge is -2.44. The highest BCUT2D eigenvalue weighted by Crippen LogP contribution is 2.56. The molecule has 2 amide bonds. The van der Waals surface area contributed by atoms with Crippen LogP contribution in [0.25, 0.3) is 0 Å². The van der Waals surface area contributed by atoms with E-state index in [1.807, 2.05) is 13.8 Å². The molecule has 0 aliphatic carbocycles. The molecule has 5 rings (SSSR count). The summed E-state index contributed by atoms with van der Waals surface area (Å²) in [6, 6.07) is 12.5. The number of para-hydroxylation sites is 1. The molecule has 2 aliphatic rings. The summed E-state index contributed by atoms with van der Waals surface area (Å²) in [6.07, 6.45) is 0. The van der Waals surface area contributed by atoms with Crippen molar-refractivity contribution in [1.29, 1.82) is 0 Å². The van der Waals surface area contributed by atoms with Gasteiger partial charge < -0.3 is 15.0 Å². The lowest BCUT2D eigenvalue weighted by Crippen LogP contribution is -2.68. The van der Waals surface area contributed by atoms with Crippen LogP contribution in [-0.2, 0) is 14.4 Å². The maximum atomic E-state index is 14.1. The van der Waals surface area contributed by atoms with Gasteiger partial charge in [-0.3, -0.25) is 14.4 Å². The van der Waals surface area contributed by atoms with Crippen molar-refractivity contribution < 1.29 is 23.5 Å². The number of carbonyl (C=O) groups excluding carboxylic acids is 3. The van der Waals surface area contributed by atoms with Crippen molar-refractivity contribution in [2.24, 2.45) is 0 Å². The zero-order chi connectivity index (χ0) is 24.7. The fraction of sp³-hybridized carbons (Fsp3) is 0.304. The molecule has 3 aromatic rings. The Morgan fingerprint density at radius 3 is 2.57 bits per heavy atom. The number of nitrogens with one attached hydrogen (secondary N) is 2. The molecule has 0 spiro atoms. The van der Waals surface area contributed by atoms with Gasteiger partial charge in [-0.2, -0.15) is 0 Å². The third-order valence-corrected chi connectivity index (χ3v) is 7.61. The van der Waals surface area contributed by atoms with Crippen LogP contribution in [0.3, 0.4) is 0 Å². The quantitative estimate of drug-likeness (QED) is 0.229. The van der Waals surface area contributed by atoms with E-state index in [0.29, 0.717) is 11.4 Å². The number of hydrogen-bond donors (Lipinski definition) is 2. The van der Waals surface area contributed by atoms with Gasteiger partial charge in [-0.05, 0) is 42.0 Å². The van der Waals surface area contributed by atoms with E-state index in [1.165, 1.54) is 30.0 Å². The molecule has 0 bridgehead atoms. The van der Waals surface area contributed by atoms with E-state index < -0.39 is 40.4 Å². The summed E-state index contributed by atoms with van der Waals surface area (Å²) in [4.78, 5) is 41.1. The highest BCUT2D eigenvalue weighted by atomic mass is 32.2. The minimum atomic E-state index is -1.40. The number of tetrazole rings is 1. The topological polar surface area (TPSA) is 130 Å². The molecule has 2 aliphatic heterocycles. The summed E-state index contributed by atoms with van der Waals surface area (Å²) in [5.41, 5.74) is 0.361. The third kappa shape index (κ3) is 4.03. The van der Waals surface area contributed by atoms with Crippen LogP contribution in [0.1, 0.15) is 37.2 Å². The molecule has 3 heterocycles. The van der Waals surface area contributed by atoms with Crippen molar-refractivity contribution in [3.8, 4) is 5.75 Å². The summed E-state index contributed by atoms with van der Waals surface area (Å²) in [7, 11) is 0.